The maximum atomic E-state index is 13.1. The lowest BCUT2D eigenvalue weighted by atomic mass is 10.1. The van der Waals surface area contributed by atoms with Crippen LogP contribution in [0.15, 0.2) is 42.6 Å². The van der Waals surface area contributed by atoms with Crippen molar-refractivity contribution in [3.8, 4) is 0 Å². The van der Waals surface area contributed by atoms with Crippen LogP contribution < -0.4 is 0 Å². The summed E-state index contributed by atoms with van der Waals surface area (Å²) in [6.07, 6.45) is 3.82. The van der Waals surface area contributed by atoms with Gasteiger partial charge in [0.2, 0.25) is 5.91 Å². The zero-order valence-electron chi connectivity index (χ0n) is 16.8. The van der Waals surface area contributed by atoms with E-state index in [2.05, 4.69) is 0 Å². The summed E-state index contributed by atoms with van der Waals surface area (Å²) in [7, 11) is 0. The highest BCUT2D eigenvalue weighted by atomic mass is 19.1. The molecular weight excluding hydrogens is 387 g/mol. The lowest BCUT2D eigenvalue weighted by molar-refractivity contribution is -0.130. The van der Waals surface area contributed by atoms with E-state index in [0.29, 0.717) is 37.4 Å². The number of piperazine rings is 1. The predicted octanol–water partition coefficient (Wildman–Crippen LogP) is 1.85. The van der Waals surface area contributed by atoms with Crippen LogP contribution in [0.4, 0.5) is 4.39 Å². The zero-order valence-corrected chi connectivity index (χ0v) is 16.8. The summed E-state index contributed by atoms with van der Waals surface area (Å²) in [4.78, 5) is 43.2. The van der Waals surface area contributed by atoms with Crippen LogP contribution in [0.25, 0.3) is 0 Å². The number of amides is 3. The number of carbonyl (C=O) groups is 3. The number of nitrogens with zero attached hydrogens (tertiary/aromatic N) is 4. The van der Waals surface area contributed by atoms with E-state index in [1.165, 1.54) is 24.3 Å². The van der Waals surface area contributed by atoms with Crippen molar-refractivity contribution in [1.29, 1.82) is 0 Å². The van der Waals surface area contributed by atoms with Gasteiger partial charge in [-0.15, -0.1) is 0 Å². The van der Waals surface area contributed by atoms with E-state index in [1.807, 2.05) is 4.90 Å². The minimum absolute atomic E-state index is 0.0347. The largest absolute Gasteiger partial charge is 0.341 e. The topological polar surface area (TPSA) is 65.9 Å². The quantitative estimate of drug-likeness (QED) is 0.770. The number of rotatable bonds is 4. The van der Waals surface area contributed by atoms with Crippen molar-refractivity contribution in [3.63, 3.8) is 0 Å². The molecule has 0 saturated carbocycles. The second kappa shape index (κ2) is 8.69. The van der Waals surface area contributed by atoms with Gasteiger partial charge in [0.05, 0.1) is 0 Å². The van der Waals surface area contributed by atoms with Gasteiger partial charge < -0.3 is 19.3 Å². The van der Waals surface area contributed by atoms with Gasteiger partial charge in [-0.2, -0.15) is 0 Å². The summed E-state index contributed by atoms with van der Waals surface area (Å²) in [5, 5.41) is 0. The molecule has 0 spiro atoms. The molecule has 8 heteroatoms. The maximum absolute atomic E-state index is 13.1. The molecule has 0 radical (unpaired) electrons. The van der Waals surface area contributed by atoms with E-state index in [4.69, 9.17) is 0 Å². The molecule has 0 bridgehead atoms. The zero-order chi connectivity index (χ0) is 21.1. The molecule has 2 saturated heterocycles. The highest BCUT2D eigenvalue weighted by molar-refractivity contribution is 5.95. The third-order valence-electron chi connectivity index (χ3n) is 5.76. The van der Waals surface area contributed by atoms with Gasteiger partial charge in [-0.25, -0.2) is 4.39 Å². The lowest BCUT2D eigenvalue weighted by Gasteiger charge is -2.35. The first-order valence-corrected chi connectivity index (χ1v) is 10.3. The number of benzene rings is 1. The highest BCUT2D eigenvalue weighted by Gasteiger charge is 2.27. The van der Waals surface area contributed by atoms with Crippen LogP contribution in [0.1, 0.15) is 33.7 Å². The first-order valence-electron chi connectivity index (χ1n) is 10.3. The average Bonchev–Trinajstić information content (AvgIpc) is 3.46. The number of hydrogen-bond donors (Lipinski definition) is 0. The van der Waals surface area contributed by atoms with Crippen LogP contribution >= 0.6 is 0 Å². The van der Waals surface area contributed by atoms with Gasteiger partial charge in [0.15, 0.2) is 0 Å². The van der Waals surface area contributed by atoms with Crippen molar-refractivity contribution in [2.75, 3.05) is 39.3 Å². The smallest absolute Gasteiger partial charge is 0.270 e. The van der Waals surface area contributed by atoms with Crippen LogP contribution in [-0.4, -0.2) is 76.3 Å². The molecular formula is C22H25FN4O3. The van der Waals surface area contributed by atoms with Gasteiger partial charge in [-0.3, -0.25) is 14.4 Å². The summed E-state index contributed by atoms with van der Waals surface area (Å²) in [5.41, 5.74) is 0.923. The molecule has 0 aliphatic carbocycles. The van der Waals surface area contributed by atoms with Gasteiger partial charge in [0, 0.05) is 51.0 Å². The molecule has 3 amide bonds. The minimum atomic E-state index is -0.381. The van der Waals surface area contributed by atoms with E-state index in [0.717, 1.165) is 25.9 Å². The van der Waals surface area contributed by atoms with Crippen LogP contribution in [-0.2, 0) is 11.3 Å². The molecule has 0 unspecified atom stereocenters. The summed E-state index contributed by atoms with van der Waals surface area (Å²) < 4.78 is 14.8. The number of likely N-dealkylation sites (tertiary alicyclic amines) is 1. The molecule has 1 aromatic carbocycles. The Kier molecular flexibility index (Phi) is 5.83. The van der Waals surface area contributed by atoms with Gasteiger partial charge in [-0.1, -0.05) is 0 Å². The molecule has 30 heavy (non-hydrogen) atoms. The molecule has 158 valence electrons. The number of halogens is 1. The normalized spacial score (nSPS) is 16.8. The van der Waals surface area contributed by atoms with Crippen LogP contribution in [0.3, 0.4) is 0 Å². The van der Waals surface area contributed by atoms with Crippen molar-refractivity contribution in [2.24, 2.45) is 0 Å². The molecule has 3 heterocycles. The number of aromatic nitrogens is 1. The van der Waals surface area contributed by atoms with E-state index in [-0.39, 0.29) is 30.1 Å². The van der Waals surface area contributed by atoms with Crippen molar-refractivity contribution >= 4 is 17.7 Å². The fraction of sp³-hybridized carbons (Fsp3) is 0.409. The Balaban J connectivity index is 1.35. The van der Waals surface area contributed by atoms with Gasteiger partial charge >= 0.3 is 0 Å². The molecule has 2 aliphatic heterocycles. The second-order valence-electron chi connectivity index (χ2n) is 7.70. The molecule has 0 N–H and O–H groups in total. The SMILES string of the molecule is O=C(Cn1cccc1C(=O)N1CCN(C(=O)c2ccc(F)cc2)CC1)N1CCCC1. The monoisotopic (exact) mass is 412 g/mol. The summed E-state index contributed by atoms with van der Waals surface area (Å²) in [6.45, 7) is 3.39. The van der Waals surface area contributed by atoms with E-state index in [9.17, 15) is 18.8 Å². The lowest BCUT2D eigenvalue weighted by Crippen LogP contribution is -2.51. The van der Waals surface area contributed by atoms with Crippen LogP contribution in [0, 0.1) is 5.82 Å². The fourth-order valence-electron chi connectivity index (χ4n) is 4.01. The van der Waals surface area contributed by atoms with Crippen LogP contribution in [0.5, 0.6) is 0 Å². The Morgan fingerprint density at radius 1 is 0.767 bits per heavy atom. The summed E-state index contributed by atoms with van der Waals surface area (Å²) in [6, 6.07) is 8.99. The molecule has 2 aromatic rings. The first kappa shape index (κ1) is 20.1. The number of carbonyl (C=O) groups excluding carboxylic acids is 3. The van der Waals surface area contributed by atoms with Crippen molar-refractivity contribution in [1.82, 2.24) is 19.3 Å². The fourth-order valence-corrected chi connectivity index (χ4v) is 4.01. The van der Waals surface area contributed by atoms with Crippen molar-refractivity contribution in [2.45, 2.75) is 19.4 Å². The summed E-state index contributed by atoms with van der Waals surface area (Å²) in [5.74, 6) is -0.648. The highest BCUT2D eigenvalue weighted by Crippen LogP contribution is 2.14. The Morgan fingerprint density at radius 2 is 1.37 bits per heavy atom. The molecule has 0 atom stereocenters. The van der Waals surface area contributed by atoms with Crippen LogP contribution in [0.2, 0.25) is 0 Å². The average molecular weight is 412 g/mol. The molecule has 4 rings (SSSR count). The summed E-state index contributed by atoms with van der Waals surface area (Å²) >= 11 is 0. The maximum Gasteiger partial charge on any atom is 0.270 e. The standard InChI is InChI=1S/C22H25FN4O3/c23-18-7-5-17(6-8-18)21(29)25-12-14-26(15-13-25)22(30)19-4-3-11-27(19)16-20(28)24-9-1-2-10-24/h3-8,11H,1-2,9-10,12-16H2. The van der Waals surface area contributed by atoms with Crippen molar-refractivity contribution in [3.05, 3.63) is 59.7 Å². The molecule has 2 aliphatic rings. The van der Waals surface area contributed by atoms with Gasteiger partial charge in [0.25, 0.3) is 11.8 Å². The second-order valence-corrected chi connectivity index (χ2v) is 7.70. The Morgan fingerprint density at radius 3 is 2.00 bits per heavy atom. The predicted molar refractivity (Wildman–Crippen MR) is 108 cm³/mol. The van der Waals surface area contributed by atoms with E-state index < -0.39 is 0 Å². The molecule has 7 nitrogen and oxygen atoms in total. The van der Waals surface area contributed by atoms with E-state index in [1.54, 1.807) is 32.7 Å². The third-order valence-corrected chi connectivity index (χ3v) is 5.76. The Hall–Kier alpha value is -3.16. The van der Waals surface area contributed by atoms with Crippen molar-refractivity contribution < 1.29 is 18.8 Å². The van der Waals surface area contributed by atoms with Gasteiger partial charge in [0.1, 0.15) is 18.1 Å². The minimum Gasteiger partial charge on any atom is -0.341 e. The molecule has 2 fully saturated rings. The van der Waals surface area contributed by atoms with E-state index >= 15 is 0 Å². The Bertz CT molecular complexity index is 926. The number of hydrogen-bond acceptors (Lipinski definition) is 3. The van der Waals surface area contributed by atoms with Gasteiger partial charge in [-0.05, 0) is 49.2 Å². The Labute approximate surface area is 174 Å². The first-order chi connectivity index (χ1) is 14.5. The molecule has 1 aromatic heterocycles. The third kappa shape index (κ3) is 4.22.